The summed E-state index contributed by atoms with van der Waals surface area (Å²) in [5.41, 5.74) is 4.13. The average Bonchev–Trinajstić information content (AvgIpc) is 3.18. The second-order valence-electron chi connectivity index (χ2n) is 7.31. The molecule has 0 amide bonds. The number of rotatable bonds is 2. The molecule has 0 saturated carbocycles. The van der Waals surface area contributed by atoms with Crippen LogP contribution in [-0.2, 0) is 13.0 Å². The number of aromatic nitrogens is 2. The zero-order valence-corrected chi connectivity index (χ0v) is 17.1. The highest BCUT2D eigenvalue weighted by Crippen LogP contribution is 2.38. The second-order valence-corrected chi connectivity index (χ2v) is 8.42. The van der Waals surface area contributed by atoms with Crippen molar-refractivity contribution in [3.8, 4) is 0 Å². The lowest BCUT2D eigenvalue weighted by Crippen LogP contribution is -2.23. The first kappa shape index (κ1) is 17.9. The van der Waals surface area contributed by atoms with Gasteiger partial charge < -0.3 is 9.67 Å². The first-order chi connectivity index (χ1) is 14.1. The van der Waals surface area contributed by atoms with Gasteiger partial charge in [-0.05, 0) is 36.1 Å². The molecule has 4 aromatic rings. The van der Waals surface area contributed by atoms with Crippen molar-refractivity contribution in [3.63, 3.8) is 0 Å². The third-order valence-electron chi connectivity index (χ3n) is 5.53. The third kappa shape index (κ3) is 2.73. The van der Waals surface area contributed by atoms with Gasteiger partial charge in [0.1, 0.15) is 16.4 Å². The lowest BCUT2D eigenvalue weighted by Gasteiger charge is -2.25. The smallest absolute Gasteiger partial charge is 0.281 e. The minimum absolute atomic E-state index is 0.155. The van der Waals surface area contributed by atoms with Gasteiger partial charge in [0.25, 0.3) is 5.56 Å². The maximum absolute atomic E-state index is 12.8. The standard InChI is InChI=1S/C24H20N2O2S/c1-3-16-12-19-23(28)25-22-20(21(27)17-10-6-4-8-14(17)2)18-11-7-5-9-15(18)13-26(22)24(19)29-16/h4-12,27H,3,13H2,1-2H3/b21-20-. The molecule has 0 aliphatic carbocycles. The summed E-state index contributed by atoms with van der Waals surface area (Å²) in [5.74, 6) is 0.689. The SMILES string of the molecule is CCc1cc2c(=O)nc3n(c2s1)Cc1ccccc1/C3=C(/O)c1ccccc1C. The van der Waals surface area contributed by atoms with E-state index in [1.165, 1.54) is 0 Å². The molecule has 29 heavy (non-hydrogen) atoms. The van der Waals surface area contributed by atoms with Gasteiger partial charge in [0.2, 0.25) is 0 Å². The first-order valence-electron chi connectivity index (χ1n) is 9.69. The van der Waals surface area contributed by atoms with E-state index in [4.69, 9.17) is 0 Å². The van der Waals surface area contributed by atoms with Crippen molar-refractivity contribution in [2.24, 2.45) is 0 Å². The normalized spacial score (nSPS) is 14.6. The Hall–Kier alpha value is -3.18. The highest BCUT2D eigenvalue weighted by molar-refractivity contribution is 7.18. The number of aryl methyl sites for hydroxylation is 2. The first-order valence-corrected chi connectivity index (χ1v) is 10.5. The number of benzene rings is 2. The predicted octanol–water partition coefficient (Wildman–Crippen LogP) is 5.17. The van der Waals surface area contributed by atoms with Gasteiger partial charge in [-0.15, -0.1) is 11.3 Å². The summed E-state index contributed by atoms with van der Waals surface area (Å²) in [6, 6.07) is 17.7. The minimum atomic E-state index is -0.239. The van der Waals surface area contributed by atoms with Crippen LogP contribution in [-0.4, -0.2) is 14.7 Å². The molecular weight excluding hydrogens is 380 g/mol. The largest absolute Gasteiger partial charge is 0.507 e. The molecule has 144 valence electrons. The van der Waals surface area contributed by atoms with Crippen LogP contribution >= 0.6 is 11.3 Å². The Morgan fingerprint density at radius 1 is 1.17 bits per heavy atom. The lowest BCUT2D eigenvalue weighted by molar-refractivity contribution is 0.511. The molecule has 0 unspecified atom stereocenters. The van der Waals surface area contributed by atoms with E-state index in [0.717, 1.165) is 38.4 Å². The van der Waals surface area contributed by atoms with E-state index < -0.39 is 0 Å². The van der Waals surface area contributed by atoms with Crippen molar-refractivity contribution in [1.82, 2.24) is 9.55 Å². The quantitative estimate of drug-likeness (QED) is 0.416. The van der Waals surface area contributed by atoms with E-state index in [1.54, 1.807) is 11.3 Å². The van der Waals surface area contributed by atoms with Crippen LogP contribution in [0.2, 0.25) is 0 Å². The number of hydrogen-bond donors (Lipinski definition) is 1. The fourth-order valence-electron chi connectivity index (χ4n) is 4.01. The molecule has 0 saturated heterocycles. The third-order valence-corrected chi connectivity index (χ3v) is 6.83. The Kier molecular flexibility index (Phi) is 4.14. The van der Waals surface area contributed by atoms with Crippen LogP contribution in [0.1, 0.15) is 39.9 Å². The maximum Gasteiger partial charge on any atom is 0.281 e. The fraction of sp³-hybridized carbons (Fsp3) is 0.167. The van der Waals surface area contributed by atoms with Crippen molar-refractivity contribution in [2.75, 3.05) is 0 Å². The molecule has 3 heterocycles. The van der Waals surface area contributed by atoms with Crippen molar-refractivity contribution < 1.29 is 5.11 Å². The molecule has 0 bridgehead atoms. The Bertz CT molecular complexity index is 1360. The van der Waals surface area contributed by atoms with Crippen LogP contribution in [0.4, 0.5) is 0 Å². The Labute approximate surface area is 172 Å². The Morgan fingerprint density at radius 3 is 2.72 bits per heavy atom. The monoisotopic (exact) mass is 400 g/mol. The van der Waals surface area contributed by atoms with Crippen LogP contribution in [0, 0.1) is 6.92 Å². The molecule has 1 N–H and O–H groups in total. The molecule has 0 atom stereocenters. The lowest BCUT2D eigenvalue weighted by atomic mass is 9.91. The number of nitrogens with zero attached hydrogens (tertiary/aromatic N) is 2. The fourth-order valence-corrected chi connectivity index (χ4v) is 5.10. The summed E-state index contributed by atoms with van der Waals surface area (Å²) in [4.78, 5) is 19.4. The molecule has 5 rings (SSSR count). The van der Waals surface area contributed by atoms with Crippen molar-refractivity contribution in [1.29, 1.82) is 0 Å². The van der Waals surface area contributed by atoms with E-state index in [2.05, 4.69) is 22.5 Å². The summed E-state index contributed by atoms with van der Waals surface area (Å²) in [5, 5.41) is 12.0. The summed E-state index contributed by atoms with van der Waals surface area (Å²) in [7, 11) is 0. The highest BCUT2D eigenvalue weighted by atomic mass is 32.1. The highest BCUT2D eigenvalue weighted by Gasteiger charge is 2.28. The second kappa shape index (κ2) is 6.71. The Balaban J connectivity index is 1.90. The zero-order chi connectivity index (χ0) is 20.1. The number of thiophene rings is 1. The van der Waals surface area contributed by atoms with Gasteiger partial charge in [-0.25, -0.2) is 0 Å². The molecule has 2 aromatic carbocycles. The number of hydrogen-bond acceptors (Lipinski definition) is 4. The van der Waals surface area contributed by atoms with Crippen molar-refractivity contribution in [3.05, 3.63) is 97.9 Å². The summed E-state index contributed by atoms with van der Waals surface area (Å²) in [6.07, 6.45) is 0.877. The summed E-state index contributed by atoms with van der Waals surface area (Å²) >= 11 is 1.63. The molecule has 4 nitrogen and oxygen atoms in total. The molecule has 0 spiro atoms. The van der Waals surface area contributed by atoms with Gasteiger partial charge >= 0.3 is 0 Å². The molecular formula is C24H20N2O2S. The van der Waals surface area contributed by atoms with E-state index >= 15 is 0 Å². The van der Waals surface area contributed by atoms with Gasteiger partial charge in [0, 0.05) is 10.4 Å². The molecule has 5 heteroatoms. The molecule has 0 fully saturated rings. The van der Waals surface area contributed by atoms with Crippen molar-refractivity contribution in [2.45, 2.75) is 26.8 Å². The summed E-state index contributed by atoms with van der Waals surface area (Å²) < 4.78 is 2.08. The molecule has 0 radical (unpaired) electrons. The zero-order valence-electron chi connectivity index (χ0n) is 16.3. The average molecular weight is 401 g/mol. The van der Waals surface area contributed by atoms with Gasteiger partial charge in [-0.2, -0.15) is 4.98 Å². The van der Waals surface area contributed by atoms with Crippen molar-refractivity contribution >= 4 is 32.9 Å². The minimum Gasteiger partial charge on any atom is -0.507 e. The Morgan fingerprint density at radius 2 is 1.93 bits per heavy atom. The van der Waals surface area contributed by atoms with Crippen LogP contribution in [0.25, 0.3) is 21.5 Å². The predicted molar refractivity (Wildman–Crippen MR) is 119 cm³/mol. The van der Waals surface area contributed by atoms with Crippen LogP contribution < -0.4 is 5.56 Å². The number of aliphatic hydroxyl groups excluding tert-OH is 1. The van der Waals surface area contributed by atoms with Crippen LogP contribution in [0.15, 0.2) is 59.4 Å². The van der Waals surface area contributed by atoms with Gasteiger partial charge in [-0.3, -0.25) is 4.79 Å². The van der Waals surface area contributed by atoms with Crippen LogP contribution in [0.5, 0.6) is 0 Å². The van der Waals surface area contributed by atoms with Gasteiger partial charge in [0.05, 0.1) is 17.5 Å². The van der Waals surface area contributed by atoms with E-state index in [1.807, 2.05) is 55.5 Å². The van der Waals surface area contributed by atoms with Crippen LogP contribution in [0.3, 0.4) is 0 Å². The number of aliphatic hydroxyl groups is 1. The van der Waals surface area contributed by atoms with Gasteiger partial charge in [-0.1, -0.05) is 55.5 Å². The molecule has 1 aliphatic rings. The topological polar surface area (TPSA) is 55.1 Å². The van der Waals surface area contributed by atoms with Gasteiger partial charge in [0.15, 0.2) is 0 Å². The summed E-state index contributed by atoms with van der Waals surface area (Å²) in [6.45, 7) is 4.69. The number of fused-ring (bicyclic) bond motifs is 4. The van der Waals surface area contributed by atoms with E-state index in [-0.39, 0.29) is 11.3 Å². The maximum atomic E-state index is 12.8. The van der Waals surface area contributed by atoms with E-state index in [9.17, 15) is 9.90 Å². The van der Waals surface area contributed by atoms with E-state index in [0.29, 0.717) is 23.3 Å². The molecule has 2 aromatic heterocycles. The molecule has 1 aliphatic heterocycles.